The molecule has 3 rings (SSSR count). The smallest absolute Gasteiger partial charge is 0.160 e. The van der Waals surface area contributed by atoms with Gasteiger partial charge in [0.2, 0.25) is 0 Å². The fourth-order valence-corrected chi connectivity index (χ4v) is 2.70. The van der Waals surface area contributed by atoms with Crippen LogP contribution in [0.4, 0.5) is 0 Å². The number of nitrogens with one attached hydrogen (secondary N) is 1. The molecule has 4 nitrogen and oxygen atoms in total. The Bertz CT molecular complexity index is 615. The molecule has 1 aromatic rings. The summed E-state index contributed by atoms with van der Waals surface area (Å²) in [5.41, 5.74) is 3.30. The number of hydrogen-bond acceptors (Lipinski definition) is 4. The van der Waals surface area contributed by atoms with E-state index in [2.05, 4.69) is 16.4 Å². The molecule has 2 aliphatic rings. The molecule has 0 radical (unpaired) electrons. The van der Waals surface area contributed by atoms with Gasteiger partial charge >= 0.3 is 0 Å². The molecule has 0 aliphatic carbocycles. The molecule has 0 fully saturated rings. The second-order valence-corrected chi connectivity index (χ2v) is 4.74. The van der Waals surface area contributed by atoms with Crippen LogP contribution in [0, 0.1) is 5.92 Å². The largest absolute Gasteiger partial charge is 0.504 e. The van der Waals surface area contributed by atoms with E-state index in [-0.39, 0.29) is 11.7 Å². The molecule has 98 valence electrons. The zero-order chi connectivity index (χ0) is 13.4. The first-order chi connectivity index (χ1) is 9.20. The quantitative estimate of drug-likeness (QED) is 0.855. The third-order valence-electron chi connectivity index (χ3n) is 3.58. The van der Waals surface area contributed by atoms with Crippen LogP contribution in [-0.2, 0) is 0 Å². The van der Waals surface area contributed by atoms with Gasteiger partial charge in [-0.3, -0.25) is 0 Å². The van der Waals surface area contributed by atoms with E-state index in [9.17, 15) is 5.11 Å². The zero-order valence-electron chi connectivity index (χ0n) is 11.0. The van der Waals surface area contributed by atoms with Crippen LogP contribution in [0.5, 0.6) is 11.5 Å². The molecule has 1 atom stereocenters. The maximum absolute atomic E-state index is 9.92. The lowest BCUT2D eigenvalue weighted by atomic mass is 9.89. The molecule has 0 saturated carbocycles. The van der Waals surface area contributed by atoms with Crippen LogP contribution in [0.3, 0.4) is 0 Å². The van der Waals surface area contributed by atoms with Gasteiger partial charge in [0.05, 0.1) is 7.11 Å². The van der Waals surface area contributed by atoms with Crippen molar-refractivity contribution in [3.8, 4) is 11.5 Å². The van der Waals surface area contributed by atoms with Crippen molar-refractivity contribution >= 4 is 11.4 Å². The van der Waals surface area contributed by atoms with Gasteiger partial charge < -0.3 is 15.2 Å². The third kappa shape index (κ3) is 1.89. The lowest BCUT2D eigenvalue weighted by Gasteiger charge is -2.16. The number of amidine groups is 1. The fourth-order valence-electron chi connectivity index (χ4n) is 2.70. The molecule has 0 bridgehead atoms. The van der Waals surface area contributed by atoms with Crippen LogP contribution in [0.25, 0.3) is 5.57 Å². The molecule has 4 heteroatoms. The summed E-state index contributed by atoms with van der Waals surface area (Å²) in [6.45, 7) is 2.04. The van der Waals surface area contributed by atoms with E-state index in [0.717, 1.165) is 23.5 Å². The van der Waals surface area contributed by atoms with Crippen molar-refractivity contribution in [2.45, 2.75) is 13.3 Å². The molecule has 0 amide bonds. The Morgan fingerprint density at radius 3 is 3.00 bits per heavy atom. The van der Waals surface area contributed by atoms with Crippen LogP contribution in [0.15, 0.2) is 41.2 Å². The number of ether oxygens (including phenoxy) is 1. The average Bonchev–Trinajstić information content (AvgIpc) is 2.74. The van der Waals surface area contributed by atoms with Crippen LogP contribution in [0.1, 0.15) is 18.9 Å². The molecule has 1 aromatic carbocycles. The minimum Gasteiger partial charge on any atom is -0.504 e. The number of hydrogen-bond donors (Lipinski definition) is 2. The number of aromatic hydroxyl groups is 1. The van der Waals surface area contributed by atoms with E-state index in [0.29, 0.717) is 5.75 Å². The Morgan fingerprint density at radius 1 is 1.42 bits per heavy atom. The third-order valence-corrected chi connectivity index (χ3v) is 3.58. The van der Waals surface area contributed by atoms with Gasteiger partial charge in [-0.2, -0.15) is 0 Å². The van der Waals surface area contributed by atoms with E-state index >= 15 is 0 Å². The number of benzene rings is 1. The summed E-state index contributed by atoms with van der Waals surface area (Å²) in [6, 6.07) is 5.51. The van der Waals surface area contributed by atoms with Gasteiger partial charge in [-0.05, 0) is 36.6 Å². The van der Waals surface area contributed by atoms with Crippen molar-refractivity contribution < 1.29 is 9.84 Å². The molecular weight excluding hydrogens is 240 g/mol. The van der Waals surface area contributed by atoms with Crippen molar-refractivity contribution in [3.63, 3.8) is 0 Å². The first-order valence-corrected chi connectivity index (χ1v) is 6.28. The Kier molecular flexibility index (Phi) is 2.78. The summed E-state index contributed by atoms with van der Waals surface area (Å²) in [4.78, 5) is 4.37. The van der Waals surface area contributed by atoms with E-state index in [1.807, 2.05) is 19.2 Å². The van der Waals surface area contributed by atoms with Gasteiger partial charge in [0.15, 0.2) is 11.5 Å². The highest BCUT2D eigenvalue weighted by atomic mass is 16.5. The molecule has 2 heterocycles. The monoisotopic (exact) mass is 256 g/mol. The zero-order valence-corrected chi connectivity index (χ0v) is 11.0. The molecule has 0 saturated heterocycles. The van der Waals surface area contributed by atoms with Gasteiger partial charge in [-0.15, -0.1) is 0 Å². The van der Waals surface area contributed by atoms with Crippen LogP contribution < -0.4 is 10.1 Å². The topological polar surface area (TPSA) is 53.8 Å². The van der Waals surface area contributed by atoms with Gasteiger partial charge in [0.1, 0.15) is 5.84 Å². The van der Waals surface area contributed by atoms with Crippen LogP contribution >= 0.6 is 0 Å². The Hall–Kier alpha value is -2.23. The highest BCUT2D eigenvalue weighted by Gasteiger charge is 2.30. The summed E-state index contributed by atoms with van der Waals surface area (Å²) >= 11 is 0. The highest BCUT2D eigenvalue weighted by molar-refractivity contribution is 6.03. The van der Waals surface area contributed by atoms with Crippen molar-refractivity contribution in [2.24, 2.45) is 10.9 Å². The van der Waals surface area contributed by atoms with E-state index in [4.69, 9.17) is 4.74 Å². The molecular formula is C15H16N2O2. The average molecular weight is 256 g/mol. The van der Waals surface area contributed by atoms with E-state index < -0.39 is 0 Å². The molecule has 1 unspecified atom stereocenters. The molecule has 0 aromatic heterocycles. The maximum Gasteiger partial charge on any atom is 0.160 e. The van der Waals surface area contributed by atoms with Crippen molar-refractivity contribution in [1.82, 2.24) is 5.32 Å². The van der Waals surface area contributed by atoms with Gasteiger partial charge in [-0.1, -0.05) is 12.1 Å². The Balaban J connectivity index is 2.02. The van der Waals surface area contributed by atoms with Crippen LogP contribution in [-0.4, -0.2) is 18.1 Å². The van der Waals surface area contributed by atoms with Gasteiger partial charge in [0, 0.05) is 17.8 Å². The van der Waals surface area contributed by atoms with Crippen molar-refractivity contribution in [1.29, 1.82) is 0 Å². The SMILES string of the molecule is COc1ccc(C2=C(C)NC3=NC=CCC32)cc1O. The Morgan fingerprint density at radius 2 is 2.26 bits per heavy atom. The van der Waals surface area contributed by atoms with Crippen molar-refractivity contribution in [2.75, 3.05) is 7.11 Å². The predicted molar refractivity (Wildman–Crippen MR) is 75.1 cm³/mol. The van der Waals surface area contributed by atoms with E-state index in [1.165, 1.54) is 5.57 Å². The van der Waals surface area contributed by atoms with Gasteiger partial charge in [-0.25, -0.2) is 4.99 Å². The minimum absolute atomic E-state index is 0.164. The number of nitrogens with zero attached hydrogens (tertiary/aromatic N) is 1. The summed E-state index contributed by atoms with van der Waals surface area (Å²) in [7, 11) is 1.55. The second-order valence-electron chi connectivity index (χ2n) is 4.74. The fraction of sp³-hybridized carbons (Fsp3) is 0.267. The summed E-state index contributed by atoms with van der Waals surface area (Å²) in [6.07, 6.45) is 4.84. The summed E-state index contributed by atoms with van der Waals surface area (Å²) in [5.74, 6) is 1.91. The second kappa shape index (κ2) is 4.46. The number of phenols is 1. The molecule has 2 N–H and O–H groups in total. The lowest BCUT2D eigenvalue weighted by Crippen LogP contribution is -2.22. The number of rotatable bonds is 2. The lowest BCUT2D eigenvalue weighted by molar-refractivity contribution is 0.373. The number of aliphatic imine (C=N–C) groups is 1. The number of phenolic OH excluding ortho intramolecular Hbond substituents is 1. The van der Waals surface area contributed by atoms with Crippen LogP contribution in [0.2, 0.25) is 0 Å². The number of allylic oxidation sites excluding steroid dienone is 2. The first-order valence-electron chi connectivity index (χ1n) is 6.28. The number of methoxy groups -OCH3 is 1. The maximum atomic E-state index is 9.92. The molecule has 2 aliphatic heterocycles. The predicted octanol–water partition coefficient (Wildman–Crippen LogP) is 2.67. The molecule has 19 heavy (non-hydrogen) atoms. The minimum atomic E-state index is 0.164. The van der Waals surface area contributed by atoms with Crippen molar-refractivity contribution in [3.05, 3.63) is 41.7 Å². The highest BCUT2D eigenvalue weighted by Crippen LogP contribution is 2.38. The Labute approximate surface area is 112 Å². The van der Waals surface area contributed by atoms with E-state index in [1.54, 1.807) is 19.2 Å². The van der Waals surface area contributed by atoms with Gasteiger partial charge in [0.25, 0.3) is 0 Å². The number of fused-ring (bicyclic) bond motifs is 1. The standard InChI is InChI=1S/C15H16N2O2/c1-9-14(11-4-3-7-16-15(11)17-9)10-5-6-13(19-2)12(18)8-10/h3,5-8,11,18H,4H2,1-2H3,(H,16,17). The first kappa shape index (κ1) is 11.8. The summed E-state index contributed by atoms with van der Waals surface area (Å²) in [5, 5.41) is 13.2. The normalized spacial score (nSPS) is 20.9. The molecule has 0 spiro atoms. The summed E-state index contributed by atoms with van der Waals surface area (Å²) < 4.78 is 5.08.